The standard InChI is InChI=1S/C28H39ClO11/c1-8-9-17(32)38-23-19-22(39-19)26(6)16(36-14(4)30)11-10-12(2)18(29)21-28(35,13(3)25(33)40-21)24(37-15(5)31)20(26)27(23,7)34/h13,16,18-24,34-35H,2,8-11H2,1,3-7H3/t13-,16-,18-,19+,20+,21-,22-,23+,24+,26+,27-,28-/m0/s1. The first-order chi connectivity index (χ1) is 18.5. The Morgan fingerprint density at radius 3 is 2.27 bits per heavy atom. The molecule has 0 aromatic carbocycles. The molecule has 2 aliphatic heterocycles. The molecular weight excluding hydrogens is 548 g/mol. The van der Waals surface area contributed by atoms with E-state index in [0.29, 0.717) is 12.0 Å². The Labute approximate surface area is 238 Å². The highest BCUT2D eigenvalue weighted by molar-refractivity contribution is 6.23. The summed E-state index contributed by atoms with van der Waals surface area (Å²) in [7, 11) is 0. The maximum absolute atomic E-state index is 13.0. The van der Waals surface area contributed by atoms with Gasteiger partial charge in [0.1, 0.15) is 23.9 Å². The van der Waals surface area contributed by atoms with Crippen LogP contribution in [0.5, 0.6) is 0 Å². The number of esters is 4. The minimum Gasteiger partial charge on any atom is -0.462 e. The highest BCUT2D eigenvalue weighted by atomic mass is 35.5. The Morgan fingerprint density at radius 2 is 1.70 bits per heavy atom. The third kappa shape index (κ3) is 4.72. The number of carbonyl (C=O) groups excluding carboxylic acids is 4. The average Bonchev–Trinajstić information content (AvgIpc) is 3.62. The fourth-order valence-electron chi connectivity index (χ4n) is 7.21. The van der Waals surface area contributed by atoms with Gasteiger partial charge in [0, 0.05) is 31.6 Å². The lowest BCUT2D eigenvalue weighted by atomic mass is 9.52. The van der Waals surface area contributed by atoms with E-state index in [9.17, 15) is 29.4 Å². The van der Waals surface area contributed by atoms with Crippen LogP contribution in [-0.4, -0.2) is 87.3 Å². The largest absolute Gasteiger partial charge is 0.462 e. The fourth-order valence-corrected chi connectivity index (χ4v) is 7.57. The smallest absolute Gasteiger partial charge is 0.312 e. The number of carbonyl (C=O) groups is 4. The van der Waals surface area contributed by atoms with E-state index in [1.165, 1.54) is 20.8 Å². The predicted molar refractivity (Wildman–Crippen MR) is 139 cm³/mol. The second-order valence-electron chi connectivity index (χ2n) is 11.9. The van der Waals surface area contributed by atoms with Gasteiger partial charge in [0.05, 0.1) is 17.4 Å². The molecule has 2 saturated carbocycles. The molecule has 0 amide bonds. The zero-order valence-corrected chi connectivity index (χ0v) is 24.4. The molecule has 224 valence electrons. The summed E-state index contributed by atoms with van der Waals surface area (Å²) in [6.45, 7) is 12.8. The van der Waals surface area contributed by atoms with Crippen molar-refractivity contribution in [2.24, 2.45) is 17.3 Å². The molecule has 4 rings (SSSR count). The Balaban J connectivity index is 1.98. The summed E-state index contributed by atoms with van der Waals surface area (Å²) >= 11 is 6.76. The molecule has 2 heterocycles. The summed E-state index contributed by atoms with van der Waals surface area (Å²) in [5, 5.41) is 23.7. The number of hydrogen-bond acceptors (Lipinski definition) is 11. The van der Waals surface area contributed by atoms with E-state index in [2.05, 4.69) is 6.58 Å². The number of halogens is 1. The van der Waals surface area contributed by atoms with Crippen LogP contribution in [0.2, 0.25) is 0 Å². The normalized spacial score (nSPS) is 46.2. The van der Waals surface area contributed by atoms with Gasteiger partial charge in [0.2, 0.25) is 0 Å². The molecule has 40 heavy (non-hydrogen) atoms. The monoisotopic (exact) mass is 586 g/mol. The quantitative estimate of drug-likeness (QED) is 0.159. The van der Waals surface area contributed by atoms with Gasteiger partial charge in [-0.3, -0.25) is 19.2 Å². The first-order valence-corrected chi connectivity index (χ1v) is 14.1. The number of rotatable bonds is 5. The molecule has 4 aliphatic rings. The minimum absolute atomic E-state index is 0.0940. The number of ether oxygens (including phenoxy) is 5. The van der Waals surface area contributed by atoms with Gasteiger partial charge in [0.25, 0.3) is 0 Å². The van der Waals surface area contributed by atoms with Crippen molar-refractivity contribution in [2.45, 2.75) is 120 Å². The van der Waals surface area contributed by atoms with E-state index in [-0.39, 0.29) is 19.3 Å². The van der Waals surface area contributed by atoms with Gasteiger partial charge in [-0.05, 0) is 33.1 Å². The van der Waals surface area contributed by atoms with Crippen LogP contribution >= 0.6 is 11.6 Å². The van der Waals surface area contributed by atoms with Gasteiger partial charge in [0.15, 0.2) is 17.8 Å². The molecule has 0 aromatic rings. The van der Waals surface area contributed by atoms with Crippen molar-refractivity contribution in [3.8, 4) is 0 Å². The molecule has 2 saturated heterocycles. The van der Waals surface area contributed by atoms with Crippen LogP contribution < -0.4 is 0 Å². The third-order valence-corrected chi connectivity index (χ3v) is 9.75. The molecule has 12 atom stereocenters. The summed E-state index contributed by atoms with van der Waals surface area (Å²) < 4.78 is 29.0. The van der Waals surface area contributed by atoms with E-state index < -0.39 is 94.3 Å². The molecule has 11 nitrogen and oxygen atoms in total. The van der Waals surface area contributed by atoms with Gasteiger partial charge in [-0.25, -0.2) is 0 Å². The lowest BCUT2D eigenvalue weighted by Gasteiger charge is -2.57. The molecule has 0 bridgehead atoms. The van der Waals surface area contributed by atoms with Crippen molar-refractivity contribution in [3.63, 3.8) is 0 Å². The predicted octanol–water partition coefficient (Wildman–Crippen LogP) is 1.97. The van der Waals surface area contributed by atoms with Gasteiger partial charge in [-0.15, -0.1) is 11.6 Å². The van der Waals surface area contributed by atoms with Crippen LogP contribution in [0.3, 0.4) is 0 Å². The number of hydrogen-bond donors (Lipinski definition) is 2. The zero-order chi connectivity index (χ0) is 29.9. The molecule has 0 aromatic heterocycles. The van der Waals surface area contributed by atoms with E-state index in [1.54, 1.807) is 13.8 Å². The zero-order valence-electron chi connectivity index (χ0n) is 23.7. The van der Waals surface area contributed by atoms with Crippen molar-refractivity contribution in [2.75, 3.05) is 0 Å². The highest BCUT2D eigenvalue weighted by Gasteiger charge is 2.79. The van der Waals surface area contributed by atoms with Crippen LogP contribution in [0, 0.1) is 17.3 Å². The topological polar surface area (TPSA) is 158 Å². The summed E-state index contributed by atoms with van der Waals surface area (Å²) in [5.74, 6) is -5.30. The number of fused-ring (bicyclic) bond motifs is 4. The molecule has 12 heteroatoms. The second kappa shape index (κ2) is 10.6. The van der Waals surface area contributed by atoms with Crippen LogP contribution in [0.4, 0.5) is 0 Å². The lowest BCUT2D eigenvalue weighted by molar-refractivity contribution is -0.262. The first-order valence-electron chi connectivity index (χ1n) is 13.7. The molecule has 2 aliphatic carbocycles. The number of alkyl halides is 1. The summed E-state index contributed by atoms with van der Waals surface area (Å²) in [6.07, 6.45) is -5.65. The molecule has 0 radical (unpaired) electrons. The molecule has 4 fully saturated rings. The second-order valence-corrected chi connectivity index (χ2v) is 12.4. The maximum atomic E-state index is 13.0. The molecule has 0 spiro atoms. The van der Waals surface area contributed by atoms with Crippen LogP contribution in [0.1, 0.15) is 67.2 Å². The van der Waals surface area contributed by atoms with E-state index in [4.69, 9.17) is 35.3 Å². The van der Waals surface area contributed by atoms with Gasteiger partial charge in [-0.1, -0.05) is 26.0 Å². The van der Waals surface area contributed by atoms with Crippen LogP contribution in [0.15, 0.2) is 12.2 Å². The van der Waals surface area contributed by atoms with Crippen LogP contribution in [0.25, 0.3) is 0 Å². The third-order valence-electron chi connectivity index (χ3n) is 9.21. The lowest BCUT2D eigenvalue weighted by Crippen LogP contribution is -2.73. The fraction of sp³-hybridized carbons (Fsp3) is 0.786. The van der Waals surface area contributed by atoms with Crippen LogP contribution in [-0.2, 0) is 42.9 Å². The van der Waals surface area contributed by atoms with Gasteiger partial charge < -0.3 is 33.9 Å². The SMILES string of the molecule is C=C1CC[C@H](OC(C)=O)[C@@]2(C)[C@H]3O[C@H]3[C@@H](OC(=O)CCC)[C@@](C)(O)[C@@H]2[C@@H](OC(C)=O)[C@]2(O)[C@@H](C)C(=O)O[C@H]2[C@H]1Cl. The Bertz CT molecular complexity index is 1090. The maximum Gasteiger partial charge on any atom is 0.312 e. The Hall–Kier alpha value is -2.21. The van der Waals surface area contributed by atoms with Crippen molar-refractivity contribution in [1.82, 2.24) is 0 Å². The van der Waals surface area contributed by atoms with Crippen molar-refractivity contribution >= 4 is 35.5 Å². The van der Waals surface area contributed by atoms with Crippen molar-refractivity contribution < 1.29 is 53.1 Å². The average molecular weight is 587 g/mol. The summed E-state index contributed by atoms with van der Waals surface area (Å²) in [6, 6.07) is 0. The molecular formula is C28H39ClO11. The van der Waals surface area contributed by atoms with Crippen molar-refractivity contribution in [3.05, 3.63) is 12.2 Å². The van der Waals surface area contributed by atoms with Gasteiger partial charge in [-0.2, -0.15) is 0 Å². The molecule has 2 N–H and O–H groups in total. The Morgan fingerprint density at radius 1 is 1.07 bits per heavy atom. The molecule has 0 unspecified atom stereocenters. The summed E-state index contributed by atoms with van der Waals surface area (Å²) in [4.78, 5) is 50.6. The number of epoxide rings is 1. The highest BCUT2D eigenvalue weighted by Crippen LogP contribution is 2.63. The van der Waals surface area contributed by atoms with Gasteiger partial charge >= 0.3 is 23.9 Å². The van der Waals surface area contributed by atoms with E-state index in [1.807, 2.05) is 0 Å². The first kappa shape index (κ1) is 30.7. The van der Waals surface area contributed by atoms with E-state index >= 15 is 0 Å². The Kier molecular flexibility index (Phi) is 8.12. The summed E-state index contributed by atoms with van der Waals surface area (Å²) in [5.41, 5.74) is -5.17. The number of aliphatic hydroxyl groups is 2. The minimum atomic E-state index is -2.26. The van der Waals surface area contributed by atoms with Crippen molar-refractivity contribution in [1.29, 1.82) is 0 Å². The van der Waals surface area contributed by atoms with E-state index in [0.717, 1.165) is 6.92 Å².